The van der Waals surface area contributed by atoms with Gasteiger partial charge >= 0.3 is 0 Å². The van der Waals surface area contributed by atoms with Gasteiger partial charge in [-0.1, -0.05) is 18.1 Å². The van der Waals surface area contributed by atoms with Crippen LogP contribution in [0.3, 0.4) is 0 Å². The summed E-state index contributed by atoms with van der Waals surface area (Å²) in [6.45, 7) is 9.18. The van der Waals surface area contributed by atoms with Crippen molar-refractivity contribution < 1.29 is 9.53 Å². The van der Waals surface area contributed by atoms with E-state index in [4.69, 9.17) is 4.74 Å². The second-order valence-electron chi connectivity index (χ2n) is 8.53. The Labute approximate surface area is 173 Å². The molecule has 0 radical (unpaired) electrons. The predicted molar refractivity (Wildman–Crippen MR) is 114 cm³/mol. The number of piperidine rings is 1. The van der Waals surface area contributed by atoms with Crippen molar-refractivity contribution in [2.45, 2.75) is 71.7 Å². The highest BCUT2D eigenvalue weighted by atomic mass is 16.5. The van der Waals surface area contributed by atoms with Crippen molar-refractivity contribution in [3.05, 3.63) is 35.5 Å². The fourth-order valence-corrected chi connectivity index (χ4v) is 4.67. The standard InChI is InChI=1S/C23H32N4O2/c1-16-8-9-21-20(12-16)23-19(15-29-21)13-25-27(23)14-22(28)24-10-5-11-26-17(2)6-4-7-18(26)3/h8-9,12-13,17-18H,4-7,10-11,14-15H2,1-3H3,(H,24,28)/t17-,18+. The quantitative estimate of drug-likeness (QED) is 0.759. The van der Waals surface area contributed by atoms with Crippen LogP contribution in [0.2, 0.25) is 0 Å². The van der Waals surface area contributed by atoms with Crippen molar-refractivity contribution in [1.82, 2.24) is 20.0 Å². The van der Waals surface area contributed by atoms with E-state index in [0.717, 1.165) is 35.5 Å². The summed E-state index contributed by atoms with van der Waals surface area (Å²) in [5.41, 5.74) is 4.22. The third-order valence-corrected chi connectivity index (χ3v) is 6.27. The molecule has 29 heavy (non-hydrogen) atoms. The minimum absolute atomic E-state index is 0.0105. The normalized spacial score (nSPS) is 21.2. The van der Waals surface area contributed by atoms with Crippen molar-refractivity contribution in [3.63, 3.8) is 0 Å². The number of hydrogen-bond donors (Lipinski definition) is 1. The fraction of sp³-hybridized carbons (Fsp3) is 0.565. The first kappa shape index (κ1) is 20.0. The molecule has 2 aromatic rings. The van der Waals surface area contributed by atoms with Gasteiger partial charge in [-0.25, -0.2) is 0 Å². The summed E-state index contributed by atoms with van der Waals surface area (Å²) in [6.07, 6.45) is 6.69. The summed E-state index contributed by atoms with van der Waals surface area (Å²) in [5.74, 6) is 0.867. The summed E-state index contributed by atoms with van der Waals surface area (Å²) in [7, 11) is 0. The van der Waals surface area contributed by atoms with E-state index in [2.05, 4.69) is 42.2 Å². The Morgan fingerprint density at radius 1 is 1.28 bits per heavy atom. The molecule has 1 aromatic carbocycles. The molecule has 4 rings (SSSR count). The molecule has 2 atom stereocenters. The second kappa shape index (κ2) is 8.57. The molecular weight excluding hydrogens is 364 g/mol. The van der Waals surface area contributed by atoms with E-state index in [1.807, 2.05) is 18.3 Å². The zero-order valence-corrected chi connectivity index (χ0v) is 17.8. The molecular formula is C23H32N4O2. The van der Waals surface area contributed by atoms with Crippen molar-refractivity contribution >= 4 is 5.91 Å². The molecule has 0 saturated carbocycles. The number of fused-ring (bicyclic) bond motifs is 3. The molecule has 6 heteroatoms. The molecule has 0 unspecified atom stereocenters. The van der Waals surface area contributed by atoms with Gasteiger partial charge in [-0.2, -0.15) is 5.10 Å². The Morgan fingerprint density at radius 3 is 2.86 bits per heavy atom. The lowest BCUT2D eigenvalue weighted by Crippen LogP contribution is -2.44. The van der Waals surface area contributed by atoms with Crippen molar-refractivity contribution in [2.75, 3.05) is 13.1 Å². The average molecular weight is 397 g/mol. The molecule has 2 aliphatic rings. The Bertz CT molecular complexity index is 866. The molecule has 2 aliphatic heterocycles. The predicted octanol–water partition coefficient (Wildman–Crippen LogP) is 3.52. The Morgan fingerprint density at radius 2 is 2.07 bits per heavy atom. The van der Waals surface area contributed by atoms with Gasteiger partial charge in [0.15, 0.2) is 0 Å². The molecule has 0 spiro atoms. The summed E-state index contributed by atoms with van der Waals surface area (Å²) in [6, 6.07) is 7.44. The molecule has 0 aliphatic carbocycles. The van der Waals surface area contributed by atoms with E-state index in [1.165, 1.54) is 24.8 Å². The maximum Gasteiger partial charge on any atom is 0.241 e. The number of ether oxygens (including phenoxy) is 1. The highest BCUT2D eigenvalue weighted by molar-refractivity contribution is 5.78. The SMILES string of the molecule is Cc1ccc2c(c1)-c1c(cnn1CC(=O)NCCCN1[C@H](C)CCC[C@@H]1C)CO2. The van der Waals surface area contributed by atoms with Crippen LogP contribution in [0, 0.1) is 6.92 Å². The first-order valence-corrected chi connectivity index (χ1v) is 10.8. The molecule has 1 amide bonds. The number of carbonyl (C=O) groups excluding carboxylic acids is 1. The molecule has 3 heterocycles. The zero-order chi connectivity index (χ0) is 20.4. The molecule has 1 fully saturated rings. The number of carbonyl (C=O) groups is 1. The van der Waals surface area contributed by atoms with Crippen LogP contribution in [0.15, 0.2) is 24.4 Å². The van der Waals surface area contributed by atoms with Gasteiger partial charge in [0.25, 0.3) is 0 Å². The van der Waals surface area contributed by atoms with Gasteiger partial charge in [0.2, 0.25) is 5.91 Å². The summed E-state index contributed by atoms with van der Waals surface area (Å²) in [4.78, 5) is 15.1. The van der Waals surface area contributed by atoms with Crippen LogP contribution in [0.5, 0.6) is 5.75 Å². The highest BCUT2D eigenvalue weighted by Gasteiger charge is 2.25. The van der Waals surface area contributed by atoms with E-state index < -0.39 is 0 Å². The summed E-state index contributed by atoms with van der Waals surface area (Å²) >= 11 is 0. The lowest BCUT2D eigenvalue weighted by atomic mass is 9.97. The molecule has 1 N–H and O–H groups in total. The van der Waals surface area contributed by atoms with Crippen molar-refractivity contribution in [3.8, 4) is 17.0 Å². The zero-order valence-electron chi connectivity index (χ0n) is 17.8. The Hall–Kier alpha value is -2.34. The van der Waals surface area contributed by atoms with Gasteiger partial charge in [0.05, 0.1) is 11.9 Å². The van der Waals surface area contributed by atoms with E-state index in [0.29, 0.717) is 25.2 Å². The summed E-state index contributed by atoms with van der Waals surface area (Å²) in [5, 5.41) is 7.53. The number of likely N-dealkylation sites (tertiary alicyclic amines) is 1. The van der Waals surface area contributed by atoms with Gasteiger partial charge in [0.1, 0.15) is 18.9 Å². The molecule has 6 nitrogen and oxygen atoms in total. The van der Waals surface area contributed by atoms with Gasteiger partial charge in [-0.05, 0) is 52.2 Å². The minimum atomic E-state index is 0.0105. The van der Waals surface area contributed by atoms with E-state index in [1.54, 1.807) is 4.68 Å². The average Bonchev–Trinajstić information content (AvgIpc) is 3.10. The van der Waals surface area contributed by atoms with Gasteiger partial charge < -0.3 is 10.1 Å². The fourth-order valence-electron chi connectivity index (χ4n) is 4.67. The van der Waals surface area contributed by atoms with Crippen LogP contribution in [-0.4, -0.2) is 45.8 Å². The first-order chi connectivity index (χ1) is 14.0. The third kappa shape index (κ3) is 4.32. The number of benzene rings is 1. The van der Waals surface area contributed by atoms with Crippen LogP contribution in [-0.2, 0) is 17.9 Å². The number of aromatic nitrogens is 2. The molecule has 1 saturated heterocycles. The lowest BCUT2D eigenvalue weighted by Gasteiger charge is -2.39. The Balaban J connectivity index is 1.33. The van der Waals surface area contributed by atoms with Crippen LogP contribution in [0.25, 0.3) is 11.3 Å². The molecule has 0 bridgehead atoms. The Kier molecular flexibility index (Phi) is 5.90. The van der Waals surface area contributed by atoms with Crippen molar-refractivity contribution in [2.24, 2.45) is 0 Å². The van der Waals surface area contributed by atoms with Crippen LogP contribution in [0.4, 0.5) is 0 Å². The number of amides is 1. The van der Waals surface area contributed by atoms with E-state index >= 15 is 0 Å². The molecule has 156 valence electrons. The number of nitrogens with zero attached hydrogens (tertiary/aromatic N) is 3. The van der Waals surface area contributed by atoms with Crippen LogP contribution in [0.1, 0.15) is 50.7 Å². The van der Waals surface area contributed by atoms with E-state index in [9.17, 15) is 4.79 Å². The number of nitrogens with one attached hydrogen (secondary N) is 1. The number of hydrogen-bond acceptors (Lipinski definition) is 4. The van der Waals surface area contributed by atoms with Crippen LogP contribution >= 0.6 is 0 Å². The lowest BCUT2D eigenvalue weighted by molar-refractivity contribution is -0.121. The number of aryl methyl sites for hydroxylation is 1. The van der Waals surface area contributed by atoms with Crippen LogP contribution < -0.4 is 10.1 Å². The van der Waals surface area contributed by atoms with Gasteiger partial charge in [-0.15, -0.1) is 0 Å². The maximum atomic E-state index is 12.5. The molecule has 1 aromatic heterocycles. The minimum Gasteiger partial charge on any atom is -0.488 e. The van der Waals surface area contributed by atoms with Crippen molar-refractivity contribution in [1.29, 1.82) is 0 Å². The second-order valence-corrected chi connectivity index (χ2v) is 8.53. The topological polar surface area (TPSA) is 59.4 Å². The summed E-state index contributed by atoms with van der Waals surface area (Å²) < 4.78 is 7.62. The number of rotatable bonds is 6. The first-order valence-electron chi connectivity index (χ1n) is 10.8. The van der Waals surface area contributed by atoms with Gasteiger partial charge in [-0.3, -0.25) is 14.4 Å². The highest BCUT2D eigenvalue weighted by Crippen LogP contribution is 2.37. The largest absolute Gasteiger partial charge is 0.488 e. The smallest absolute Gasteiger partial charge is 0.241 e. The van der Waals surface area contributed by atoms with Gasteiger partial charge in [0, 0.05) is 36.3 Å². The third-order valence-electron chi connectivity index (χ3n) is 6.27. The monoisotopic (exact) mass is 396 g/mol. The maximum absolute atomic E-state index is 12.5. The van der Waals surface area contributed by atoms with E-state index in [-0.39, 0.29) is 12.5 Å².